The summed E-state index contributed by atoms with van der Waals surface area (Å²) in [5.41, 5.74) is 6.98. The van der Waals surface area contributed by atoms with Crippen LogP contribution in [0.25, 0.3) is 11.0 Å². The fourth-order valence-corrected chi connectivity index (χ4v) is 7.03. The van der Waals surface area contributed by atoms with E-state index < -0.39 is 54.1 Å². The van der Waals surface area contributed by atoms with Crippen molar-refractivity contribution in [2.45, 2.75) is 95.2 Å². The third-order valence-corrected chi connectivity index (χ3v) is 9.28. The molecule has 3 aliphatic carbocycles. The normalized spacial score (nSPS) is 26.1. The topological polar surface area (TPSA) is 101 Å². The van der Waals surface area contributed by atoms with Gasteiger partial charge in [-0.3, -0.25) is 9.59 Å². The first-order valence-electron chi connectivity index (χ1n) is 13.3. The third kappa shape index (κ3) is 4.77. The predicted octanol–water partition coefficient (Wildman–Crippen LogP) is 6.04. The molecule has 1 aromatic heterocycles. The number of H-pyrrole nitrogens is 1. The van der Waals surface area contributed by atoms with Crippen LogP contribution in [0.15, 0.2) is 18.2 Å². The number of halogens is 5. The minimum absolute atomic E-state index is 0.158. The van der Waals surface area contributed by atoms with Gasteiger partial charge in [0.15, 0.2) is 0 Å². The molecule has 38 heavy (non-hydrogen) atoms. The Balaban J connectivity index is 1.42. The van der Waals surface area contributed by atoms with Gasteiger partial charge in [-0.25, -0.2) is 13.8 Å². The molecular formula is C27H33F5N4O2. The molecule has 1 aromatic carbocycles. The zero-order chi connectivity index (χ0) is 27.5. The summed E-state index contributed by atoms with van der Waals surface area (Å²) >= 11 is 0. The van der Waals surface area contributed by atoms with Crippen LogP contribution in [0.5, 0.6) is 0 Å². The summed E-state index contributed by atoms with van der Waals surface area (Å²) < 4.78 is 65.4. The highest BCUT2D eigenvalue weighted by Gasteiger charge is 2.77. The Labute approximate surface area is 217 Å². The molecule has 0 saturated heterocycles. The Hall–Kier alpha value is -2.72. The van der Waals surface area contributed by atoms with Gasteiger partial charge in [0, 0.05) is 25.2 Å². The number of fused-ring (bicyclic) bond motifs is 1. The molecule has 2 amide bonds. The minimum Gasteiger partial charge on any atom is -0.369 e. The lowest BCUT2D eigenvalue weighted by Crippen LogP contribution is -2.42. The molecule has 3 atom stereocenters. The Morgan fingerprint density at radius 3 is 2.42 bits per heavy atom. The van der Waals surface area contributed by atoms with E-state index in [-0.39, 0.29) is 37.0 Å². The fourth-order valence-electron chi connectivity index (χ4n) is 7.03. The second-order valence-corrected chi connectivity index (χ2v) is 11.6. The number of imidazole rings is 1. The maximum Gasteiger partial charge on any atom is 0.389 e. The van der Waals surface area contributed by atoms with Gasteiger partial charge in [-0.2, -0.15) is 13.2 Å². The van der Waals surface area contributed by atoms with Gasteiger partial charge >= 0.3 is 6.18 Å². The monoisotopic (exact) mass is 540 g/mol. The molecule has 1 spiro atoms. The maximum atomic E-state index is 14.0. The second kappa shape index (κ2) is 9.19. The largest absolute Gasteiger partial charge is 0.389 e. The summed E-state index contributed by atoms with van der Waals surface area (Å²) in [5, 5.41) is 2.59. The Morgan fingerprint density at radius 1 is 1.18 bits per heavy atom. The van der Waals surface area contributed by atoms with Crippen molar-refractivity contribution in [3.63, 3.8) is 0 Å². The van der Waals surface area contributed by atoms with Crippen LogP contribution in [0.3, 0.4) is 0 Å². The molecule has 208 valence electrons. The van der Waals surface area contributed by atoms with Crippen LogP contribution in [-0.4, -0.2) is 33.9 Å². The van der Waals surface area contributed by atoms with E-state index in [1.54, 1.807) is 25.1 Å². The van der Waals surface area contributed by atoms with Crippen LogP contribution in [0, 0.1) is 16.7 Å². The Morgan fingerprint density at radius 2 is 1.87 bits per heavy atom. The average molecular weight is 541 g/mol. The number of benzene rings is 1. The van der Waals surface area contributed by atoms with Gasteiger partial charge in [-0.15, -0.1) is 0 Å². The maximum absolute atomic E-state index is 14.0. The number of carbonyl (C=O) groups is 2. The molecule has 1 heterocycles. The SMILES string of the molecule is C[C@@H](NC(=O)CCC(F)(F)F)c1ccc2nc([C@@H](C3CCC(F)(F)CC3)C3(C(N)=O)CC34CCC4)[nH]c2c1. The van der Waals surface area contributed by atoms with Crippen LogP contribution < -0.4 is 11.1 Å². The first kappa shape index (κ1) is 26.9. The number of aromatic amines is 1. The number of carbonyl (C=O) groups excluding carboxylic acids is 2. The highest BCUT2D eigenvalue weighted by atomic mass is 19.4. The lowest BCUT2D eigenvalue weighted by atomic mass is 9.64. The van der Waals surface area contributed by atoms with Gasteiger partial charge in [0.2, 0.25) is 17.7 Å². The molecule has 0 radical (unpaired) electrons. The third-order valence-electron chi connectivity index (χ3n) is 9.28. The van der Waals surface area contributed by atoms with Crippen molar-refractivity contribution in [3.05, 3.63) is 29.6 Å². The first-order chi connectivity index (χ1) is 17.8. The number of amides is 2. The van der Waals surface area contributed by atoms with Crippen molar-refractivity contribution in [1.29, 1.82) is 0 Å². The van der Waals surface area contributed by atoms with Crippen molar-refractivity contribution in [1.82, 2.24) is 15.3 Å². The molecule has 4 N–H and O–H groups in total. The molecule has 1 unspecified atom stereocenters. The van der Waals surface area contributed by atoms with Crippen molar-refractivity contribution in [2.24, 2.45) is 22.5 Å². The lowest BCUT2D eigenvalue weighted by Gasteiger charge is -2.41. The van der Waals surface area contributed by atoms with Gasteiger partial charge in [0.25, 0.3) is 0 Å². The number of nitrogens with zero attached hydrogens (tertiary/aromatic N) is 1. The molecule has 0 bridgehead atoms. The fraction of sp³-hybridized carbons (Fsp3) is 0.667. The summed E-state index contributed by atoms with van der Waals surface area (Å²) in [5.74, 6) is -3.78. The number of alkyl halides is 5. The Kier molecular flexibility index (Phi) is 6.50. The van der Waals surface area contributed by atoms with Crippen LogP contribution >= 0.6 is 0 Å². The molecule has 3 fully saturated rings. The molecule has 0 aliphatic heterocycles. The smallest absolute Gasteiger partial charge is 0.369 e. The van der Waals surface area contributed by atoms with E-state index in [1.807, 2.05) is 0 Å². The molecule has 5 rings (SSSR count). The van der Waals surface area contributed by atoms with Crippen LogP contribution in [-0.2, 0) is 9.59 Å². The minimum atomic E-state index is -4.40. The van der Waals surface area contributed by atoms with Gasteiger partial charge in [0.05, 0.1) is 28.9 Å². The number of rotatable bonds is 8. The number of primary amides is 1. The van der Waals surface area contributed by atoms with Crippen LogP contribution in [0.1, 0.15) is 94.5 Å². The predicted molar refractivity (Wildman–Crippen MR) is 130 cm³/mol. The van der Waals surface area contributed by atoms with E-state index >= 15 is 0 Å². The van der Waals surface area contributed by atoms with Crippen molar-refractivity contribution in [2.75, 3.05) is 0 Å². The molecule has 2 aromatic rings. The highest BCUT2D eigenvalue weighted by Crippen LogP contribution is 2.79. The summed E-state index contributed by atoms with van der Waals surface area (Å²) in [7, 11) is 0. The van der Waals surface area contributed by atoms with E-state index in [4.69, 9.17) is 10.7 Å². The lowest BCUT2D eigenvalue weighted by molar-refractivity contribution is -0.144. The summed E-state index contributed by atoms with van der Waals surface area (Å²) in [4.78, 5) is 33.1. The van der Waals surface area contributed by atoms with E-state index in [9.17, 15) is 31.5 Å². The summed E-state index contributed by atoms with van der Waals surface area (Å²) in [6.45, 7) is 1.68. The van der Waals surface area contributed by atoms with Crippen molar-refractivity contribution in [3.8, 4) is 0 Å². The number of nitrogens with one attached hydrogen (secondary N) is 2. The number of hydrogen-bond donors (Lipinski definition) is 3. The highest BCUT2D eigenvalue weighted by molar-refractivity contribution is 5.87. The van der Waals surface area contributed by atoms with Gasteiger partial charge < -0.3 is 16.0 Å². The van der Waals surface area contributed by atoms with Crippen LogP contribution in [0.2, 0.25) is 0 Å². The zero-order valence-electron chi connectivity index (χ0n) is 21.3. The quantitative estimate of drug-likeness (QED) is 0.356. The van der Waals surface area contributed by atoms with Crippen molar-refractivity contribution < 1.29 is 31.5 Å². The summed E-state index contributed by atoms with van der Waals surface area (Å²) in [6, 6.07) is 4.72. The number of hydrogen-bond acceptors (Lipinski definition) is 3. The standard InChI is InChI=1S/C27H33F5N4O2/c1-15(34-20(37)7-12-27(30,31)32)17-3-4-18-19(13-17)36-22(35-18)21(16-5-10-25(28,29)11-6-16)26(23(33)38)14-24(26)8-2-9-24/h3-4,13,15-16,21H,2,5-12,14H2,1H3,(H2,33,38)(H,34,37)(H,35,36)/t15-,21-,26?/m1/s1. The van der Waals surface area contributed by atoms with E-state index in [1.165, 1.54) is 0 Å². The number of aromatic nitrogens is 2. The molecule has 3 saturated carbocycles. The first-order valence-corrected chi connectivity index (χ1v) is 13.3. The van der Waals surface area contributed by atoms with E-state index in [0.717, 1.165) is 19.3 Å². The second-order valence-electron chi connectivity index (χ2n) is 11.6. The van der Waals surface area contributed by atoms with Gasteiger partial charge in [0.1, 0.15) is 5.82 Å². The molecular weight excluding hydrogens is 507 g/mol. The average Bonchev–Trinajstić information content (AvgIpc) is 3.36. The van der Waals surface area contributed by atoms with Gasteiger partial charge in [-0.1, -0.05) is 12.5 Å². The molecule has 6 nitrogen and oxygen atoms in total. The molecule has 11 heteroatoms. The number of nitrogens with two attached hydrogens (primary N) is 1. The Bertz CT molecular complexity index is 1230. The summed E-state index contributed by atoms with van der Waals surface area (Å²) in [6.07, 6.45) is -2.68. The van der Waals surface area contributed by atoms with Crippen LogP contribution in [0.4, 0.5) is 22.0 Å². The molecule has 3 aliphatic rings. The van der Waals surface area contributed by atoms with E-state index in [0.29, 0.717) is 28.8 Å². The van der Waals surface area contributed by atoms with Gasteiger partial charge in [-0.05, 0) is 68.1 Å². The van der Waals surface area contributed by atoms with Crippen molar-refractivity contribution >= 4 is 22.8 Å². The van der Waals surface area contributed by atoms with E-state index in [2.05, 4.69) is 10.3 Å². The zero-order valence-corrected chi connectivity index (χ0v) is 21.3.